The Morgan fingerprint density at radius 2 is 2.05 bits per heavy atom. The first-order valence-electron chi connectivity index (χ1n) is 6.76. The summed E-state index contributed by atoms with van der Waals surface area (Å²) in [6.07, 6.45) is 1.56. The molecule has 110 valence electrons. The smallest absolute Gasteiger partial charge is 0.303 e. The van der Waals surface area contributed by atoms with Crippen molar-refractivity contribution in [3.8, 4) is 0 Å². The van der Waals surface area contributed by atoms with E-state index in [1.165, 1.54) is 0 Å². The van der Waals surface area contributed by atoms with Crippen molar-refractivity contribution in [3.05, 3.63) is 29.3 Å². The molecule has 0 saturated carbocycles. The van der Waals surface area contributed by atoms with Gasteiger partial charge in [-0.2, -0.15) is 0 Å². The second-order valence-corrected chi connectivity index (χ2v) is 5.15. The molecule has 1 atom stereocenters. The number of nitrogens with two attached hydrogens (primary N) is 1. The molecule has 1 aromatic carbocycles. The second kappa shape index (κ2) is 7.53. The Labute approximate surface area is 119 Å². The van der Waals surface area contributed by atoms with E-state index in [-0.39, 0.29) is 18.2 Å². The summed E-state index contributed by atoms with van der Waals surface area (Å²) < 4.78 is 0. The Morgan fingerprint density at radius 3 is 2.65 bits per heavy atom. The van der Waals surface area contributed by atoms with Gasteiger partial charge in [0.05, 0.1) is 0 Å². The van der Waals surface area contributed by atoms with Gasteiger partial charge in [-0.3, -0.25) is 9.59 Å². The molecule has 0 aliphatic rings. The maximum absolute atomic E-state index is 11.9. The Bertz CT molecular complexity index is 486. The zero-order valence-electron chi connectivity index (χ0n) is 12.0. The average molecular weight is 278 g/mol. The number of rotatable bonds is 7. The summed E-state index contributed by atoms with van der Waals surface area (Å²) in [5.74, 6) is -0.660. The van der Waals surface area contributed by atoms with E-state index in [0.29, 0.717) is 24.2 Å². The minimum absolute atomic E-state index is 0.151. The van der Waals surface area contributed by atoms with E-state index in [9.17, 15) is 9.59 Å². The van der Waals surface area contributed by atoms with Crippen molar-refractivity contribution in [3.63, 3.8) is 0 Å². The molecule has 1 rings (SSSR count). The Kier molecular flexibility index (Phi) is 6.03. The number of nitrogen functional groups attached to an aromatic ring is 1. The van der Waals surface area contributed by atoms with Crippen LogP contribution in [0.2, 0.25) is 0 Å². The van der Waals surface area contributed by atoms with Crippen LogP contribution in [-0.2, 0) is 4.79 Å². The normalized spacial score (nSPS) is 11.9. The quantitative estimate of drug-likeness (QED) is 0.667. The number of anilines is 1. The standard InChI is InChI=1S/C15H22N2O3/c1-10(3-6-14(18)19)7-8-17-15(20)12-5-4-11(2)13(16)9-12/h4-5,9-10H,3,6-8,16H2,1-2H3,(H,17,20)(H,18,19). The summed E-state index contributed by atoms with van der Waals surface area (Å²) in [5, 5.41) is 11.4. The maximum atomic E-state index is 11.9. The third-order valence-corrected chi connectivity index (χ3v) is 3.32. The third kappa shape index (κ3) is 5.30. The van der Waals surface area contributed by atoms with E-state index < -0.39 is 5.97 Å². The molecule has 0 aromatic heterocycles. The molecule has 0 aliphatic heterocycles. The summed E-state index contributed by atoms with van der Waals surface area (Å²) in [4.78, 5) is 22.3. The van der Waals surface area contributed by atoms with Crippen LogP contribution in [0.25, 0.3) is 0 Å². The zero-order chi connectivity index (χ0) is 15.1. The number of nitrogens with one attached hydrogen (secondary N) is 1. The van der Waals surface area contributed by atoms with E-state index in [4.69, 9.17) is 10.8 Å². The van der Waals surface area contributed by atoms with Crippen LogP contribution >= 0.6 is 0 Å². The first-order chi connectivity index (χ1) is 9.40. The zero-order valence-corrected chi connectivity index (χ0v) is 12.0. The van der Waals surface area contributed by atoms with Gasteiger partial charge in [0.1, 0.15) is 0 Å². The summed E-state index contributed by atoms with van der Waals surface area (Å²) in [6, 6.07) is 5.23. The maximum Gasteiger partial charge on any atom is 0.303 e. The van der Waals surface area contributed by atoms with Gasteiger partial charge >= 0.3 is 5.97 Å². The lowest BCUT2D eigenvalue weighted by Gasteiger charge is -2.11. The van der Waals surface area contributed by atoms with Crippen LogP contribution in [0.15, 0.2) is 18.2 Å². The molecule has 1 unspecified atom stereocenters. The van der Waals surface area contributed by atoms with Gasteiger partial charge in [0.15, 0.2) is 0 Å². The number of hydrogen-bond acceptors (Lipinski definition) is 3. The predicted octanol–water partition coefficient (Wildman–Crippen LogP) is 2.20. The van der Waals surface area contributed by atoms with Gasteiger partial charge in [0.25, 0.3) is 5.91 Å². The first-order valence-corrected chi connectivity index (χ1v) is 6.76. The molecule has 0 fully saturated rings. The van der Waals surface area contributed by atoms with E-state index in [1.807, 2.05) is 19.9 Å². The number of carboxylic acids is 1. The highest BCUT2D eigenvalue weighted by Crippen LogP contribution is 2.13. The van der Waals surface area contributed by atoms with Crippen molar-refractivity contribution in [2.75, 3.05) is 12.3 Å². The minimum Gasteiger partial charge on any atom is -0.481 e. The van der Waals surface area contributed by atoms with Crippen LogP contribution in [0.4, 0.5) is 5.69 Å². The van der Waals surface area contributed by atoms with Gasteiger partial charge in [0.2, 0.25) is 0 Å². The second-order valence-electron chi connectivity index (χ2n) is 5.15. The number of aryl methyl sites for hydroxylation is 1. The third-order valence-electron chi connectivity index (χ3n) is 3.32. The summed E-state index contributed by atoms with van der Waals surface area (Å²) in [6.45, 7) is 4.41. The number of hydrogen-bond donors (Lipinski definition) is 3. The van der Waals surface area contributed by atoms with Gasteiger partial charge in [-0.05, 0) is 43.4 Å². The highest BCUT2D eigenvalue weighted by Gasteiger charge is 2.09. The number of carbonyl (C=O) groups excluding carboxylic acids is 1. The molecule has 0 radical (unpaired) electrons. The number of amides is 1. The van der Waals surface area contributed by atoms with Crippen LogP contribution in [0, 0.1) is 12.8 Å². The monoisotopic (exact) mass is 278 g/mol. The first kappa shape index (κ1) is 16.0. The van der Waals surface area contributed by atoms with Crippen molar-refractivity contribution in [1.82, 2.24) is 5.32 Å². The van der Waals surface area contributed by atoms with Crippen LogP contribution in [-0.4, -0.2) is 23.5 Å². The minimum atomic E-state index is -0.781. The highest BCUT2D eigenvalue weighted by atomic mass is 16.4. The van der Waals surface area contributed by atoms with Gasteiger partial charge in [-0.25, -0.2) is 0 Å². The van der Waals surface area contributed by atoms with Gasteiger partial charge in [-0.15, -0.1) is 0 Å². The van der Waals surface area contributed by atoms with Crippen LogP contribution < -0.4 is 11.1 Å². The lowest BCUT2D eigenvalue weighted by atomic mass is 10.0. The van der Waals surface area contributed by atoms with E-state index in [1.54, 1.807) is 12.1 Å². The van der Waals surface area contributed by atoms with Crippen molar-refractivity contribution < 1.29 is 14.7 Å². The molecule has 4 N–H and O–H groups in total. The molecule has 5 heteroatoms. The number of carboxylic acid groups (broad SMARTS) is 1. The molecule has 20 heavy (non-hydrogen) atoms. The highest BCUT2D eigenvalue weighted by molar-refractivity contribution is 5.95. The van der Waals surface area contributed by atoms with Crippen LogP contribution in [0.5, 0.6) is 0 Å². The lowest BCUT2D eigenvalue weighted by Crippen LogP contribution is -2.25. The molecule has 0 bridgehead atoms. The van der Waals surface area contributed by atoms with Gasteiger partial charge in [-0.1, -0.05) is 13.0 Å². The predicted molar refractivity (Wildman–Crippen MR) is 78.6 cm³/mol. The SMILES string of the molecule is Cc1ccc(C(=O)NCCC(C)CCC(=O)O)cc1N. The Hall–Kier alpha value is -2.04. The molecule has 0 saturated heterocycles. The van der Waals surface area contributed by atoms with E-state index in [2.05, 4.69) is 5.32 Å². The summed E-state index contributed by atoms with van der Waals surface area (Å²) >= 11 is 0. The molecule has 1 aromatic rings. The van der Waals surface area contributed by atoms with Gasteiger partial charge < -0.3 is 16.2 Å². The van der Waals surface area contributed by atoms with E-state index >= 15 is 0 Å². The fraction of sp³-hybridized carbons (Fsp3) is 0.467. The van der Waals surface area contributed by atoms with E-state index in [0.717, 1.165) is 12.0 Å². The molecular weight excluding hydrogens is 256 g/mol. The Morgan fingerprint density at radius 1 is 1.35 bits per heavy atom. The fourth-order valence-electron chi connectivity index (χ4n) is 1.83. The lowest BCUT2D eigenvalue weighted by molar-refractivity contribution is -0.137. The van der Waals surface area contributed by atoms with Crippen molar-refractivity contribution in [1.29, 1.82) is 0 Å². The van der Waals surface area contributed by atoms with Gasteiger partial charge in [0, 0.05) is 24.2 Å². The molecule has 5 nitrogen and oxygen atoms in total. The molecule has 0 spiro atoms. The van der Waals surface area contributed by atoms with Crippen molar-refractivity contribution in [2.45, 2.75) is 33.1 Å². The van der Waals surface area contributed by atoms with Crippen LogP contribution in [0.1, 0.15) is 42.1 Å². The van der Waals surface area contributed by atoms with Crippen molar-refractivity contribution in [2.24, 2.45) is 5.92 Å². The molecule has 0 heterocycles. The molecule has 1 amide bonds. The average Bonchev–Trinajstić information content (AvgIpc) is 2.39. The number of benzene rings is 1. The fourth-order valence-corrected chi connectivity index (χ4v) is 1.83. The van der Waals surface area contributed by atoms with Crippen molar-refractivity contribution >= 4 is 17.6 Å². The topological polar surface area (TPSA) is 92.4 Å². The summed E-state index contributed by atoms with van der Waals surface area (Å²) in [5.41, 5.74) is 7.87. The summed E-state index contributed by atoms with van der Waals surface area (Å²) in [7, 11) is 0. The molecule has 0 aliphatic carbocycles. The largest absolute Gasteiger partial charge is 0.481 e. The Balaban J connectivity index is 2.36. The molecular formula is C15H22N2O3. The number of carbonyl (C=O) groups is 2. The van der Waals surface area contributed by atoms with Crippen LogP contribution in [0.3, 0.4) is 0 Å². The number of aliphatic carboxylic acids is 1.